The molecule has 0 radical (unpaired) electrons. The number of H-pyrrole nitrogens is 1. The molecule has 0 aliphatic rings. The molecule has 1 heterocycles. The highest BCUT2D eigenvalue weighted by atomic mass is 14.9. The Bertz CT molecular complexity index is 225. The summed E-state index contributed by atoms with van der Waals surface area (Å²) in [5.74, 6) is 1.08. The minimum Gasteiger partial charge on any atom is -0.349 e. The summed E-state index contributed by atoms with van der Waals surface area (Å²) in [6, 6.07) is 0.690. The molecule has 0 amide bonds. The third-order valence-corrected chi connectivity index (χ3v) is 2.62. The van der Waals surface area contributed by atoms with Gasteiger partial charge in [-0.1, -0.05) is 26.7 Å². The third-order valence-electron chi connectivity index (χ3n) is 2.62. The third kappa shape index (κ3) is 4.98. The molecule has 0 aliphatic carbocycles. The Morgan fingerprint density at radius 2 is 2.07 bits per heavy atom. The lowest BCUT2D eigenvalue weighted by Gasteiger charge is -2.16. The summed E-state index contributed by atoms with van der Waals surface area (Å²) in [4.78, 5) is 7.33. The van der Waals surface area contributed by atoms with Crippen LogP contribution in [0.2, 0.25) is 0 Å². The van der Waals surface area contributed by atoms with Crippen LogP contribution in [0.25, 0.3) is 0 Å². The van der Waals surface area contributed by atoms with E-state index in [0.29, 0.717) is 6.04 Å². The van der Waals surface area contributed by atoms with Crippen molar-refractivity contribution >= 4 is 0 Å². The maximum Gasteiger partial charge on any atom is 0.107 e. The highest BCUT2D eigenvalue weighted by Crippen LogP contribution is 2.04. The first-order valence-electron chi connectivity index (χ1n) is 6.08. The number of nitrogens with zero attached hydrogens (tertiary/aromatic N) is 1. The molecule has 2 N–H and O–H groups in total. The lowest BCUT2D eigenvalue weighted by Crippen LogP contribution is -2.30. The second kappa shape index (κ2) is 7.46. The lowest BCUT2D eigenvalue weighted by atomic mass is 10.1. The van der Waals surface area contributed by atoms with E-state index in [1.165, 1.54) is 25.7 Å². The molecule has 0 spiro atoms. The molecule has 1 aromatic heterocycles. The predicted molar refractivity (Wildman–Crippen MR) is 63.9 cm³/mol. The molecule has 0 saturated heterocycles. The summed E-state index contributed by atoms with van der Waals surface area (Å²) in [6.07, 6.45) is 9.78. The van der Waals surface area contributed by atoms with Crippen molar-refractivity contribution < 1.29 is 0 Å². The number of hydrogen-bond donors (Lipinski definition) is 2. The van der Waals surface area contributed by atoms with Gasteiger partial charge in [0.15, 0.2) is 0 Å². The van der Waals surface area contributed by atoms with Crippen LogP contribution in [0, 0.1) is 0 Å². The minimum atomic E-state index is 0.690. The summed E-state index contributed by atoms with van der Waals surface area (Å²) in [7, 11) is 0. The average Bonchev–Trinajstić information content (AvgIpc) is 2.71. The second-order valence-electron chi connectivity index (χ2n) is 4.01. The van der Waals surface area contributed by atoms with Crippen molar-refractivity contribution in [3.63, 3.8) is 0 Å². The molecule has 1 rings (SSSR count). The van der Waals surface area contributed by atoms with Crippen LogP contribution in [0.3, 0.4) is 0 Å². The molecule has 0 aromatic carbocycles. The largest absolute Gasteiger partial charge is 0.349 e. The Hall–Kier alpha value is -0.830. The van der Waals surface area contributed by atoms with Crippen LogP contribution < -0.4 is 5.32 Å². The predicted octanol–water partition coefficient (Wildman–Crippen LogP) is 2.51. The van der Waals surface area contributed by atoms with Crippen molar-refractivity contribution in [3.8, 4) is 0 Å². The van der Waals surface area contributed by atoms with E-state index < -0.39 is 0 Å². The Labute approximate surface area is 92.7 Å². The van der Waals surface area contributed by atoms with Gasteiger partial charge in [-0.25, -0.2) is 4.98 Å². The summed E-state index contributed by atoms with van der Waals surface area (Å²) in [5.41, 5.74) is 0. The van der Waals surface area contributed by atoms with E-state index in [0.717, 1.165) is 18.8 Å². The quantitative estimate of drug-likeness (QED) is 0.690. The first kappa shape index (κ1) is 12.2. The fraction of sp³-hybridized carbons (Fsp3) is 0.750. The van der Waals surface area contributed by atoms with Gasteiger partial charge in [0, 0.05) is 31.4 Å². The molecule has 86 valence electrons. The summed E-state index contributed by atoms with van der Waals surface area (Å²) in [5, 5.41) is 3.60. The van der Waals surface area contributed by atoms with Crippen LogP contribution >= 0.6 is 0 Å². The number of hydrogen-bond acceptors (Lipinski definition) is 2. The van der Waals surface area contributed by atoms with E-state index in [-0.39, 0.29) is 0 Å². The number of nitrogens with one attached hydrogen (secondary N) is 2. The fourth-order valence-corrected chi connectivity index (χ4v) is 1.87. The molecule has 1 aromatic rings. The number of rotatable bonds is 8. The highest BCUT2D eigenvalue weighted by Gasteiger charge is 2.05. The van der Waals surface area contributed by atoms with Gasteiger partial charge in [0.25, 0.3) is 0 Å². The molecule has 3 heteroatoms. The van der Waals surface area contributed by atoms with Gasteiger partial charge in [0.1, 0.15) is 5.82 Å². The monoisotopic (exact) mass is 209 g/mol. The van der Waals surface area contributed by atoms with Crippen molar-refractivity contribution in [2.45, 2.75) is 52.0 Å². The van der Waals surface area contributed by atoms with Crippen molar-refractivity contribution in [2.24, 2.45) is 0 Å². The Balaban J connectivity index is 2.15. The van der Waals surface area contributed by atoms with E-state index in [1.54, 1.807) is 0 Å². The zero-order chi connectivity index (χ0) is 10.9. The zero-order valence-electron chi connectivity index (χ0n) is 9.92. The second-order valence-corrected chi connectivity index (χ2v) is 4.01. The molecule has 15 heavy (non-hydrogen) atoms. The molecular formula is C12H23N3. The van der Waals surface area contributed by atoms with Crippen LogP contribution in [0.1, 0.15) is 45.4 Å². The molecule has 0 atom stereocenters. The standard InChI is InChI=1S/C12H23N3/c1-3-5-11(6-4-2)13-8-7-12-14-9-10-15-12/h9-11,13H,3-8H2,1-2H3,(H,14,15). The number of aromatic nitrogens is 2. The van der Waals surface area contributed by atoms with Crippen molar-refractivity contribution in [1.82, 2.24) is 15.3 Å². The molecule has 0 saturated carbocycles. The van der Waals surface area contributed by atoms with Gasteiger partial charge in [-0.15, -0.1) is 0 Å². The van der Waals surface area contributed by atoms with Crippen molar-refractivity contribution in [3.05, 3.63) is 18.2 Å². The minimum absolute atomic E-state index is 0.690. The molecule has 0 aliphatic heterocycles. The first-order chi connectivity index (χ1) is 7.36. The fourth-order valence-electron chi connectivity index (χ4n) is 1.87. The molecule has 3 nitrogen and oxygen atoms in total. The molecule has 0 bridgehead atoms. The summed E-state index contributed by atoms with van der Waals surface area (Å²) >= 11 is 0. The van der Waals surface area contributed by atoms with Gasteiger partial charge < -0.3 is 10.3 Å². The van der Waals surface area contributed by atoms with Gasteiger partial charge in [-0.05, 0) is 12.8 Å². The SMILES string of the molecule is CCCC(CCC)NCCc1ncc[nH]1. The van der Waals surface area contributed by atoms with Crippen molar-refractivity contribution in [1.29, 1.82) is 0 Å². The smallest absolute Gasteiger partial charge is 0.107 e. The van der Waals surface area contributed by atoms with Crippen LogP contribution in [0.4, 0.5) is 0 Å². The Morgan fingerprint density at radius 1 is 1.33 bits per heavy atom. The van der Waals surface area contributed by atoms with Gasteiger partial charge in [0.05, 0.1) is 0 Å². The van der Waals surface area contributed by atoms with E-state index in [4.69, 9.17) is 0 Å². The summed E-state index contributed by atoms with van der Waals surface area (Å²) < 4.78 is 0. The maximum absolute atomic E-state index is 4.21. The highest BCUT2D eigenvalue weighted by molar-refractivity contribution is 4.87. The van der Waals surface area contributed by atoms with Gasteiger partial charge in [-0.2, -0.15) is 0 Å². The van der Waals surface area contributed by atoms with E-state index in [9.17, 15) is 0 Å². The normalized spacial score (nSPS) is 11.1. The zero-order valence-corrected chi connectivity index (χ0v) is 9.92. The van der Waals surface area contributed by atoms with Crippen LogP contribution in [-0.4, -0.2) is 22.6 Å². The van der Waals surface area contributed by atoms with Gasteiger partial charge >= 0.3 is 0 Å². The number of imidazole rings is 1. The number of aromatic amines is 1. The van der Waals surface area contributed by atoms with Gasteiger partial charge in [-0.3, -0.25) is 0 Å². The average molecular weight is 209 g/mol. The molecule has 0 unspecified atom stereocenters. The van der Waals surface area contributed by atoms with Crippen LogP contribution in [0.15, 0.2) is 12.4 Å². The Morgan fingerprint density at radius 3 is 2.60 bits per heavy atom. The van der Waals surface area contributed by atoms with E-state index >= 15 is 0 Å². The van der Waals surface area contributed by atoms with Gasteiger partial charge in [0.2, 0.25) is 0 Å². The van der Waals surface area contributed by atoms with E-state index in [2.05, 4.69) is 29.1 Å². The van der Waals surface area contributed by atoms with Crippen LogP contribution in [0.5, 0.6) is 0 Å². The summed E-state index contributed by atoms with van der Waals surface area (Å²) in [6.45, 7) is 5.52. The van der Waals surface area contributed by atoms with Crippen LogP contribution in [-0.2, 0) is 6.42 Å². The Kier molecular flexibility index (Phi) is 6.09. The topological polar surface area (TPSA) is 40.7 Å². The maximum atomic E-state index is 4.21. The molecular weight excluding hydrogens is 186 g/mol. The van der Waals surface area contributed by atoms with E-state index in [1.807, 2.05) is 12.4 Å². The van der Waals surface area contributed by atoms with Crippen molar-refractivity contribution in [2.75, 3.05) is 6.54 Å². The first-order valence-corrected chi connectivity index (χ1v) is 6.08. The lowest BCUT2D eigenvalue weighted by molar-refractivity contribution is 0.445. The molecule has 0 fully saturated rings.